The Hall–Kier alpha value is -1.88. The fourth-order valence-corrected chi connectivity index (χ4v) is 3.06. The van der Waals surface area contributed by atoms with E-state index >= 15 is 0 Å². The zero-order valence-corrected chi connectivity index (χ0v) is 14.6. The van der Waals surface area contributed by atoms with Gasteiger partial charge in [0.05, 0.1) is 6.54 Å². The second-order valence-electron chi connectivity index (χ2n) is 5.99. The van der Waals surface area contributed by atoms with Gasteiger partial charge in [-0.15, -0.1) is 0 Å². The van der Waals surface area contributed by atoms with E-state index in [9.17, 15) is 0 Å². The number of rotatable bonds is 6. The number of nitrogens with zero attached hydrogens (tertiary/aromatic N) is 2. The van der Waals surface area contributed by atoms with Gasteiger partial charge in [-0.25, -0.2) is 0 Å². The predicted octanol–water partition coefficient (Wildman–Crippen LogP) is 3.02. The van der Waals surface area contributed by atoms with Crippen LogP contribution in [0, 0.1) is 0 Å². The number of nitrogens with one attached hydrogen (secondary N) is 1. The van der Waals surface area contributed by atoms with E-state index < -0.39 is 0 Å². The highest BCUT2D eigenvalue weighted by molar-refractivity contribution is 9.10. The van der Waals surface area contributed by atoms with Gasteiger partial charge in [-0.3, -0.25) is 9.98 Å². The predicted molar refractivity (Wildman–Crippen MR) is 97.5 cm³/mol. The molecule has 3 N–H and O–H groups in total. The Kier molecular flexibility index (Phi) is 4.96. The van der Waals surface area contributed by atoms with Gasteiger partial charge in [0, 0.05) is 34.7 Å². The number of guanidine groups is 1. The molecular formula is C18H21BrN4. The molecule has 5 heteroatoms. The third-order valence-corrected chi connectivity index (χ3v) is 4.75. The van der Waals surface area contributed by atoms with Crippen molar-refractivity contribution in [3.05, 3.63) is 64.4 Å². The van der Waals surface area contributed by atoms with Crippen LogP contribution < -0.4 is 11.1 Å². The summed E-state index contributed by atoms with van der Waals surface area (Å²) in [6, 6.07) is 14.4. The van der Waals surface area contributed by atoms with Crippen molar-refractivity contribution in [1.82, 2.24) is 10.3 Å². The summed E-state index contributed by atoms with van der Waals surface area (Å²) in [4.78, 5) is 8.84. The highest BCUT2D eigenvalue weighted by atomic mass is 79.9. The van der Waals surface area contributed by atoms with Gasteiger partial charge in [0.2, 0.25) is 0 Å². The lowest BCUT2D eigenvalue weighted by Crippen LogP contribution is -2.34. The average Bonchev–Trinajstić information content (AvgIpc) is 3.35. The quantitative estimate of drug-likeness (QED) is 0.604. The number of benzene rings is 1. The van der Waals surface area contributed by atoms with Crippen LogP contribution in [0.1, 0.15) is 24.1 Å². The third-order valence-electron chi connectivity index (χ3n) is 4.26. The summed E-state index contributed by atoms with van der Waals surface area (Å²) in [5, 5.41) is 3.17. The molecule has 2 aromatic rings. The lowest BCUT2D eigenvalue weighted by molar-refractivity contribution is 0.698. The molecule has 0 atom stereocenters. The number of halogens is 1. The number of hydrogen-bond acceptors (Lipinski definition) is 2. The van der Waals surface area contributed by atoms with E-state index in [1.54, 1.807) is 0 Å². The van der Waals surface area contributed by atoms with Gasteiger partial charge in [0.1, 0.15) is 0 Å². The van der Waals surface area contributed by atoms with E-state index in [2.05, 4.69) is 55.5 Å². The molecule has 0 amide bonds. The van der Waals surface area contributed by atoms with Crippen molar-refractivity contribution in [3.8, 4) is 0 Å². The highest BCUT2D eigenvalue weighted by Crippen LogP contribution is 2.48. The standard InChI is InChI=1S/C18H21BrN4/c19-15-5-3-4-14(12-15)18(8-9-18)13-23-17(20)22-11-7-16-6-1-2-10-21-16/h1-6,10,12H,7-9,11,13H2,(H3,20,22,23). The van der Waals surface area contributed by atoms with Crippen LogP contribution >= 0.6 is 15.9 Å². The van der Waals surface area contributed by atoms with Crippen LogP contribution in [-0.2, 0) is 11.8 Å². The fraction of sp³-hybridized carbons (Fsp3) is 0.333. The molecule has 1 aliphatic carbocycles. The van der Waals surface area contributed by atoms with Gasteiger partial charge in [-0.1, -0.05) is 34.1 Å². The smallest absolute Gasteiger partial charge is 0.188 e. The molecule has 120 valence electrons. The van der Waals surface area contributed by atoms with Gasteiger partial charge in [0.25, 0.3) is 0 Å². The summed E-state index contributed by atoms with van der Waals surface area (Å²) < 4.78 is 1.12. The van der Waals surface area contributed by atoms with Crippen LogP contribution in [0.5, 0.6) is 0 Å². The Balaban J connectivity index is 1.51. The van der Waals surface area contributed by atoms with Crippen molar-refractivity contribution >= 4 is 21.9 Å². The molecule has 23 heavy (non-hydrogen) atoms. The second-order valence-corrected chi connectivity index (χ2v) is 6.91. The highest BCUT2D eigenvalue weighted by Gasteiger charge is 2.44. The molecule has 1 aliphatic rings. The first-order valence-corrected chi connectivity index (χ1v) is 8.67. The van der Waals surface area contributed by atoms with Crippen molar-refractivity contribution in [2.24, 2.45) is 10.7 Å². The number of hydrogen-bond donors (Lipinski definition) is 2. The maximum absolute atomic E-state index is 5.99. The Labute approximate surface area is 145 Å². The molecule has 4 nitrogen and oxygen atoms in total. The van der Waals surface area contributed by atoms with E-state index in [0.717, 1.165) is 29.7 Å². The summed E-state index contributed by atoms with van der Waals surface area (Å²) in [6.07, 6.45) is 5.00. The number of pyridine rings is 1. The van der Waals surface area contributed by atoms with Gasteiger partial charge in [-0.05, 0) is 42.7 Å². The molecule has 3 rings (SSSR count). The Morgan fingerprint density at radius 2 is 2.13 bits per heavy atom. The van der Waals surface area contributed by atoms with Crippen LogP contribution in [0.15, 0.2) is 58.1 Å². The number of aliphatic imine (C=N–C) groups is 1. The molecule has 1 fully saturated rings. The van der Waals surface area contributed by atoms with Crippen LogP contribution in [0.2, 0.25) is 0 Å². The first-order valence-electron chi connectivity index (χ1n) is 7.88. The van der Waals surface area contributed by atoms with E-state index in [-0.39, 0.29) is 5.41 Å². The maximum atomic E-state index is 5.99. The van der Waals surface area contributed by atoms with Crippen LogP contribution in [-0.4, -0.2) is 24.0 Å². The van der Waals surface area contributed by atoms with Crippen molar-refractivity contribution in [2.75, 3.05) is 13.1 Å². The lowest BCUT2D eigenvalue weighted by Gasteiger charge is -2.14. The third kappa shape index (κ3) is 4.32. The molecule has 1 heterocycles. The Morgan fingerprint density at radius 3 is 2.83 bits per heavy atom. The van der Waals surface area contributed by atoms with Crippen molar-refractivity contribution in [2.45, 2.75) is 24.7 Å². The summed E-state index contributed by atoms with van der Waals surface area (Å²) in [6.45, 7) is 1.49. The van der Waals surface area contributed by atoms with E-state index in [0.29, 0.717) is 5.96 Å². The van der Waals surface area contributed by atoms with E-state index in [1.165, 1.54) is 18.4 Å². The minimum absolute atomic E-state index is 0.178. The number of nitrogens with two attached hydrogens (primary N) is 1. The molecule has 0 bridgehead atoms. The summed E-state index contributed by atoms with van der Waals surface area (Å²) in [5.41, 5.74) is 8.57. The zero-order valence-electron chi connectivity index (χ0n) is 13.0. The van der Waals surface area contributed by atoms with Crippen LogP contribution in [0.4, 0.5) is 0 Å². The van der Waals surface area contributed by atoms with Gasteiger partial charge in [-0.2, -0.15) is 0 Å². The lowest BCUT2D eigenvalue weighted by atomic mass is 9.96. The average molecular weight is 373 g/mol. The summed E-state index contributed by atoms with van der Waals surface area (Å²) in [5.74, 6) is 0.516. The fourth-order valence-electron chi connectivity index (χ4n) is 2.66. The Bertz CT molecular complexity index is 680. The molecule has 1 aromatic heterocycles. The first-order chi connectivity index (χ1) is 11.2. The maximum Gasteiger partial charge on any atom is 0.188 e. The van der Waals surface area contributed by atoms with Gasteiger partial charge in [0.15, 0.2) is 5.96 Å². The molecule has 0 saturated heterocycles. The topological polar surface area (TPSA) is 63.3 Å². The molecular weight excluding hydrogens is 352 g/mol. The van der Waals surface area contributed by atoms with Crippen LogP contribution in [0.3, 0.4) is 0 Å². The monoisotopic (exact) mass is 372 g/mol. The zero-order chi connectivity index (χ0) is 16.1. The van der Waals surface area contributed by atoms with E-state index in [1.807, 2.05) is 24.4 Å². The molecule has 1 saturated carbocycles. The Morgan fingerprint density at radius 1 is 1.26 bits per heavy atom. The SMILES string of the molecule is NC(=NCC1(c2cccc(Br)c2)CC1)NCCc1ccccn1. The van der Waals surface area contributed by atoms with Gasteiger partial charge >= 0.3 is 0 Å². The van der Waals surface area contributed by atoms with Gasteiger partial charge < -0.3 is 11.1 Å². The largest absolute Gasteiger partial charge is 0.370 e. The molecule has 1 aromatic carbocycles. The van der Waals surface area contributed by atoms with Crippen molar-refractivity contribution in [3.63, 3.8) is 0 Å². The van der Waals surface area contributed by atoms with Crippen LogP contribution in [0.25, 0.3) is 0 Å². The molecule has 0 unspecified atom stereocenters. The first kappa shape index (κ1) is 16.0. The molecule has 0 aliphatic heterocycles. The minimum atomic E-state index is 0.178. The molecule has 0 spiro atoms. The van der Waals surface area contributed by atoms with Crippen molar-refractivity contribution in [1.29, 1.82) is 0 Å². The molecule has 0 radical (unpaired) electrons. The van der Waals surface area contributed by atoms with Crippen molar-refractivity contribution < 1.29 is 0 Å². The number of aromatic nitrogens is 1. The second kappa shape index (κ2) is 7.13. The minimum Gasteiger partial charge on any atom is -0.370 e. The normalized spacial score (nSPS) is 16.1. The summed E-state index contributed by atoms with van der Waals surface area (Å²) >= 11 is 3.54. The van der Waals surface area contributed by atoms with E-state index in [4.69, 9.17) is 5.73 Å². The summed E-state index contributed by atoms with van der Waals surface area (Å²) in [7, 11) is 0.